The molecule has 0 bridgehead atoms. The SMILES string of the molecule is CC(=O)Nc1cccc(-n2nnnc2SCc2ccc(-c3ccccc3C#N)cc2)c1. The molecule has 1 N–H and O–H groups in total. The van der Waals surface area contributed by atoms with Gasteiger partial charge in [0.25, 0.3) is 0 Å². The Labute approximate surface area is 183 Å². The number of amides is 1. The van der Waals surface area contributed by atoms with Crippen molar-refractivity contribution in [1.82, 2.24) is 20.2 Å². The van der Waals surface area contributed by atoms with Crippen LogP contribution in [0.4, 0.5) is 5.69 Å². The summed E-state index contributed by atoms with van der Waals surface area (Å²) >= 11 is 1.52. The minimum absolute atomic E-state index is 0.135. The minimum Gasteiger partial charge on any atom is -0.326 e. The Hall–Kier alpha value is -3.96. The third-order valence-electron chi connectivity index (χ3n) is 4.53. The van der Waals surface area contributed by atoms with Crippen molar-refractivity contribution in [3.63, 3.8) is 0 Å². The van der Waals surface area contributed by atoms with E-state index in [1.54, 1.807) is 4.68 Å². The molecule has 0 radical (unpaired) electrons. The molecule has 7 nitrogen and oxygen atoms in total. The van der Waals surface area contributed by atoms with Crippen LogP contribution in [0.5, 0.6) is 0 Å². The van der Waals surface area contributed by atoms with Crippen molar-refractivity contribution in [3.8, 4) is 22.9 Å². The quantitative estimate of drug-likeness (QED) is 0.458. The molecular formula is C23H18N6OS. The van der Waals surface area contributed by atoms with E-state index in [4.69, 9.17) is 0 Å². The van der Waals surface area contributed by atoms with Gasteiger partial charge in [0.05, 0.1) is 17.3 Å². The predicted octanol–water partition coefficient (Wildman–Crippen LogP) is 4.45. The van der Waals surface area contributed by atoms with Crippen LogP contribution in [0.25, 0.3) is 16.8 Å². The Morgan fingerprint density at radius 3 is 2.68 bits per heavy atom. The number of nitriles is 1. The van der Waals surface area contributed by atoms with Crippen molar-refractivity contribution in [3.05, 3.63) is 83.9 Å². The van der Waals surface area contributed by atoms with E-state index in [9.17, 15) is 10.1 Å². The van der Waals surface area contributed by atoms with E-state index in [0.717, 1.165) is 22.4 Å². The first-order valence-corrected chi connectivity index (χ1v) is 10.5. The maximum atomic E-state index is 11.3. The Kier molecular flexibility index (Phi) is 6.05. The molecule has 0 aliphatic heterocycles. The zero-order chi connectivity index (χ0) is 21.6. The van der Waals surface area contributed by atoms with Crippen LogP contribution in [0, 0.1) is 11.3 Å². The van der Waals surface area contributed by atoms with Crippen molar-refractivity contribution < 1.29 is 4.79 Å². The molecule has 4 rings (SSSR count). The summed E-state index contributed by atoms with van der Waals surface area (Å²) in [5.74, 6) is 0.552. The number of anilines is 1. The van der Waals surface area contributed by atoms with E-state index in [0.29, 0.717) is 22.2 Å². The first kappa shape index (κ1) is 20.3. The molecule has 1 amide bonds. The zero-order valence-electron chi connectivity index (χ0n) is 16.7. The van der Waals surface area contributed by atoms with E-state index < -0.39 is 0 Å². The lowest BCUT2D eigenvalue weighted by Gasteiger charge is -2.08. The number of carbonyl (C=O) groups excluding carboxylic acids is 1. The first-order chi connectivity index (χ1) is 15.1. The van der Waals surface area contributed by atoms with Gasteiger partial charge in [-0.15, -0.1) is 5.10 Å². The fourth-order valence-corrected chi connectivity index (χ4v) is 3.96. The average molecular weight is 427 g/mol. The maximum absolute atomic E-state index is 11.3. The van der Waals surface area contributed by atoms with Gasteiger partial charge in [0.15, 0.2) is 0 Å². The van der Waals surface area contributed by atoms with Crippen molar-refractivity contribution >= 4 is 23.4 Å². The van der Waals surface area contributed by atoms with Crippen LogP contribution in [0.15, 0.2) is 78.0 Å². The number of nitrogens with one attached hydrogen (secondary N) is 1. The molecule has 0 unspecified atom stereocenters. The van der Waals surface area contributed by atoms with Gasteiger partial charge in [0.1, 0.15) is 0 Å². The smallest absolute Gasteiger partial charge is 0.221 e. The van der Waals surface area contributed by atoms with Crippen molar-refractivity contribution in [2.24, 2.45) is 0 Å². The summed E-state index contributed by atoms with van der Waals surface area (Å²) < 4.78 is 1.65. The van der Waals surface area contributed by atoms with E-state index in [2.05, 4.69) is 26.9 Å². The van der Waals surface area contributed by atoms with Crippen molar-refractivity contribution in [2.45, 2.75) is 17.8 Å². The predicted molar refractivity (Wildman–Crippen MR) is 120 cm³/mol. The summed E-state index contributed by atoms with van der Waals surface area (Å²) in [6, 6.07) is 25.3. The Morgan fingerprint density at radius 2 is 1.90 bits per heavy atom. The van der Waals surface area contributed by atoms with E-state index in [1.807, 2.05) is 72.8 Å². The number of tetrazole rings is 1. The van der Waals surface area contributed by atoms with E-state index >= 15 is 0 Å². The number of rotatable bonds is 6. The highest BCUT2D eigenvalue weighted by Crippen LogP contribution is 2.27. The molecule has 0 fully saturated rings. The Bertz CT molecular complexity index is 1260. The lowest BCUT2D eigenvalue weighted by Crippen LogP contribution is -2.07. The van der Waals surface area contributed by atoms with Crippen LogP contribution in [0.1, 0.15) is 18.1 Å². The number of nitrogens with zero attached hydrogens (tertiary/aromatic N) is 5. The van der Waals surface area contributed by atoms with Crippen LogP contribution >= 0.6 is 11.8 Å². The van der Waals surface area contributed by atoms with Gasteiger partial charge in [0, 0.05) is 18.4 Å². The number of aromatic nitrogens is 4. The molecule has 0 spiro atoms. The van der Waals surface area contributed by atoms with Crippen LogP contribution in [-0.2, 0) is 10.5 Å². The second-order valence-corrected chi connectivity index (χ2v) is 7.69. The van der Waals surface area contributed by atoms with Crippen LogP contribution in [0.3, 0.4) is 0 Å². The van der Waals surface area contributed by atoms with Crippen molar-refractivity contribution in [1.29, 1.82) is 5.26 Å². The molecule has 152 valence electrons. The third kappa shape index (κ3) is 4.79. The number of hydrogen-bond donors (Lipinski definition) is 1. The molecule has 3 aromatic carbocycles. The average Bonchev–Trinajstić information content (AvgIpc) is 3.26. The fraction of sp³-hybridized carbons (Fsp3) is 0.0870. The van der Waals surface area contributed by atoms with Gasteiger partial charge in [0.2, 0.25) is 11.1 Å². The summed E-state index contributed by atoms with van der Waals surface area (Å²) in [6.07, 6.45) is 0. The van der Waals surface area contributed by atoms with Gasteiger partial charge in [-0.1, -0.05) is 60.3 Å². The topological polar surface area (TPSA) is 96.5 Å². The maximum Gasteiger partial charge on any atom is 0.221 e. The van der Waals surface area contributed by atoms with Crippen LogP contribution in [-0.4, -0.2) is 26.1 Å². The summed E-state index contributed by atoms with van der Waals surface area (Å²) in [7, 11) is 0. The van der Waals surface area contributed by atoms with Gasteiger partial charge in [-0.3, -0.25) is 4.79 Å². The highest BCUT2D eigenvalue weighted by atomic mass is 32.2. The van der Waals surface area contributed by atoms with Gasteiger partial charge in [-0.05, 0) is 51.4 Å². The van der Waals surface area contributed by atoms with Gasteiger partial charge >= 0.3 is 0 Å². The summed E-state index contributed by atoms with van der Waals surface area (Å²) in [5.41, 5.74) is 5.15. The van der Waals surface area contributed by atoms with Gasteiger partial charge in [-0.25, -0.2) is 0 Å². The largest absolute Gasteiger partial charge is 0.326 e. The Morgan fingerprint density at radius 1 is 1.10 bits per heavy atom. The number of benzene rings is 3. The molecular weight excluding hydrogens is 408 g/mol. The number of hydrogen-bond acceptors (Lipinski definition) is 6. The lowest BCUT2D eigenvalue weighted by atomic mass is 10.00. The number of carbonyl (C=O) groups is 1. The second kappa shape index (κ2) is 9.24. The van der Waals surface area contributed by atoms with Gasteiger partial charge in [-0.2, -0.15) is 9.94 Å². The van der Waals surface area contributed by atoms with Gasteiger partial charge < -0.3 is 5.32 Å². The molecule has 0 saturated heterocycles. The summed E-state index contributed by atoms with van der Waals surface area (Å²) in [6.45, 7) is 1.47. The molecule has 0 atom stereocenters. The summed E-state index contributed by atoms with van der Waals surface area (Å²) in [4.78, 5) is 11.3. The highest BCUT2D eigenvalue weighted by molar-refractivity contribution is 7.98. The molecule has 1 heterocycles. The molecule has 0 saturated carbocycles. The molecule has 0 aliphatic carbocycles. The zero-order valence-corrected chi connectivity index (χ0v) is 17.5. The summed E-state index contributed by atoms with van der Waals surface area (Å²) in [5, 5.41) is 24.7. The molecule has 8 heteroatoms. The lowest BCUT2D eigenvalue weighted by molar-refractivity contribution is -0.114. The third-order valence-corrected chi connectivity index (χ3v) is 5.52. The van der Waals surface area contributed by atoms with E-state index in [-0.39, 0.29) is 5.91 Å². The monoisotopic (exact) mass is 426 g/mol. The molecule has 1 aromatic heterocycles. The minimum atomic E-state index is -0.135. The van der Waals surface area contributed by atoms with E-state index in [1.165, 1.54) is 18.7 Å². The molecule has 31 heavy (non-hydrogen) atoms. The fourth-order valence-electron chi connectivity index (χ4n) is 3.11. The standard InChI is InChI=1S/C23H18N6OS/c1-16(30)25-20-6-4-7-21(13-20)29-23(26-27-28-29)31-15-17-9-11-18(12-10-17)22-8-3-2-5-19(22)14-24/h2-13H,15H2,1H3,(H,25,30). The van der Waals surface area contributed by atoms with Crippen LogP contribution < -0.4 is 5.32 Å². The first-order valence-electron chi connectivity index (χ1n) is 9.51. The normalized spacial score (nSPS) is 10.5. The van der Waals surface area contributed by atoms with Crippen molar-refractivity contribution in [2.75, 3.05) is 5.32 Å². The number of thioether (sulfide) groups is 1. The Balaban J connectivity index is 1.48. The molecule has 0 aliphatic rings. The van der Waals surface area contributed by atoms with Crippen LogP contribution in [0.2, 0.25) is 0 Å². The molecule has 4 aromatic rings. The second-order valence-electron chi connectivity index (χ2n) is 6.75. The highest BCUT2D eigenvalue weighted by Gasteiger charge is 2.11.